The molecule has 1 aliphatic heterocycles. The highest BCUT2D eigenvalue weighted by molar-refractivity contribution is 5.94. The first-order valence-electron chi connectivity index (χ1n) is 9.09. The highest BCUT2D eigenvalue weighted by Gasteiger charge is 2.35. The van der Waals surface area contributed by atoms with Gasteiger partial charge in [-0.15, -0.1) is 0 Å². The standard InChI is InChI=1S/C22H24FNO3/c1-2-11-27-20-8-3-5-17(14-20)21(25)24-16-22(9-12-26-13-10-22)18-6-4-7-19(23)15-18/h2-8,14-15H,1,9-13,16H2,(H,24,25). The number of hydrogen-bond donors (Lipinski definition) is 1. The number of rotatable bonds is 7. The molecule has 0 radical (unpaired) electrons. The molecule has 0 unspecified atom stereocenters. The monoisotopic (exact) mass is 369 g/mol. The van der Waals surface area contributed by atoms with Crippen molar-refractivity contribution in [3.8, 4) is 5.75 Å². The number of benzene rings is 2. The maximum Gasteiger partial charge on any atom is 0.251 e. The Morgan fingerprint density at radius 1 is 1.22 bits per heavy atom. The second-order valence-corrected chi connectivity index (χ2v) is 6.71. The summed E-state index contributed by atoms with van der Waals surface area (Å²) >= 11 is 0. The van der Waals surface area contributed by atoms with Crippen molar-refractivity contribution in [2.75, 3.05) is 26.4 Å². The zero-order valence-corrected chi connectivity index (χ0v) is 15.2. The van der Waals surface area contributed by atoms with Gasteiger partial charge in [0, 0.05) is 30.7 Å². The lowest BCUT2D eigenvalue weighted by Crippen LogP contribution is -2.44. The van der Waals surface area contributed by atoms with Crippen molar-refractivity contribution in [1.29, 1.82) is 0 Å². The third-order valence-corrected chi connectivity index (χ3v) is 4.94. The smallest absolute Gasteiger partial charge is 0.251 e. The summed E-state index contributed by atoms with van der Waals surface area (Å²) in [6.07, 6.45) is 3.12. The Morgan fingerprint density at radius 2 is 2.00 bits per heavy atom. The summed E-state index contributed by atoms with van der Waals surface area (Å²) in [5.41, 5.74) is 1.10. The van der Waals surface area contributed by atoms with E-state index in [1.165, 1.54) is 6.07 Å². The average Bonchev–Trinajstić information content (AvgIpc) is 2.71. The maximum absolute atomic E-state index is 13.8. The number of ether oxygens (including phenoxy) is 2. The fourth-order valence-electron chi connectivity index (χ4n) is 3.38. The minimum Gasteiger partial charge on any atom is -0.490 e. The second-order valence-electron chi connectivity index (χ2n) is 6.71. The Hall–Kier alpha value is -2.66. The van der Waals surface area contributed by atoms with E-state index < -0.39 is 0 Å². The van der Waals surface area contributed by atoms with Crippen LogP contribution in [0.2, 0.25) is 0 Å². The van der Waals surface area contributed by atoms with Crippen LogP contribution in [0.3, 0.4) is 0 Å². The van der Waals surface area contributed by atoms with Crippen LogP contribution in [0.25, 0.3) is 0 Å². The molecule has 0 bridgehead atoms. The van der Waals surface area contributed by atoms with Crippen molar-refractivity contribution in [3.63, 3.8) is 0 Å². The predicted octanol–water partition coefficient (Wildman–Crippen LogP) is 3.87. The molecule has 142 valence electrons. The van der Waals surface area contributed by atoms with Gasteiger partial charge < -0.3 is 14.8 Å². The summed E-state index contributed by atoms with van der Waals surface area (Å²) in [5, 5.41) is 3.02. The van der Waals surface area contributed by atoms with Crippen molar-refractivity contribution >= 4 is 5.91 Å². The Kier molecular flexibility index (Phi) is 6.24. The van der Waals surface area contributed by atoms with Crippen LogP contribution < -0.4 is 10.1 Å². The number of halogens is 1. The van der Waals surface area contributed by atoms with Gasteiger partial charge in [-0.2, -0.15) is 0 Å². The summed E-state index contributed by atoms with van der Waals surface area (Å²) in [4.78, 5) is 12.7. The van der Waals surface area contributed by atoms with Gasteiger partial charge in [-0.3, -0.25) is 4.79 Å². The summed E-state index contributed by atoms with van der Waals surface area (Å²) in [7, 11) is 0. The van der Waals surface area contributed by atoms with E-state index in [2.05, 4.69) is 11.9 Å². The van der Waals surface area contributed by atoms with Gasteiger partial charge in [-0.1, -0.05) is 30.9 Å². The molecule has 4 nitrogen and oxygen atoms in total. The lowest BCUT2D eigenvalue weighted by molar-refractivity contribution is 0.0486. The molecule has 2 aromatic rings. The topological polar surface area (TPSA) is 47.6 Å². The fraction of sp³-hybridized carbons (Fsp3) is 0.318. The van der Waals surface area contributed by atoms with Gasteiger partial charge in [0.25, 0.3) is 5.91 Å². The van der Waals surface area contributed by atoms with Crippen molar-refractivity contribution in [1.82, 2.24) is 5.32 Å². The molecule has 0 aliphatic carbocycles. The summed E-state index contributed by atoms with van der Waals surface area (Å²) in [6, 6.07) is 13.7. The lowest BCUT2D eigenvalue weighted by Gasteiger charge is -2.38. The van der Waals surface area contributed by atoms with E-state index in [0.29, 0.717) is 37.7 Å². The highest BCUT2D eigenvalue weighted by Crippen LogP contribution is 2.34. The third kappa shape index (κ3) is 4.74. The molecular weight excluding hydrogens is 345 g/mol. The fourth-order valence-corrected chi connectivity index (χ4v) is 3.38. The number of nitrogens with one attached hydrogen (secondary N) is 1. The molecule has 0 saturated carbocycles. The molecule has 1 aliphatic rings. The molecule has 5 heteroatoms. The molecule has 0 aromatic heterocycles. The largest absolute Gasteiger partial charge is 0.490 e. The molecule has 1 N–H and O–H groups in total. The first-order chi connectivity index (χ1) is 13.1. The summed E-state index contributed by atoms with van der Waals surface area (Å²) in [6.45, 7) is 5.61. The summed E-state index contributed by atoms with van der Waals surface area (Å²) < 4.78 is 24.7. The maximum atomic E-state index is 13.8. The minimum atomic E-state index is -0.326. The van der Waals surface area contributed by atoms with Crippen LogP contribution in [0, 0.1) is 5.82 Å². The Bertz CT molecular complexity index is 800. The molecule has 27 heavy (non-hydrogen) atoms. The Labute approximate surface area is 159 Å². The quantitative estimate of drug-likeness (QED) is 0.754. The average molecular weight is 369 g/mol. The molecule has 2 aromatic carbocycles. The molecule has 3 rings (SSSR count). The van der Waals surface area contributed by atoms with Crippen LogP contribution in [0.15, 0.2) is 61.2 Å². The van der Waals surface area contributed by atoms with E-state index in [1.807, 2.05) is 6.07 Å². The molecular formula is C22H24FNO3. The Morgan fingerprint density at radius 3 is 2.74 bits per heavy atom. The van der Waals surface area contributed by atoms with Gasteiger partial charge in [0.05, 0.1) is 0 Å². The number of hydrogen-bond acceptors (Lipinski definition) is 3. The zero-order valence-electron chi connectivity index (χ0n) is 15.2. The number of carbonyl (C=O) groups is 1. The SMILES string of the molecule is C=CCOc1cccc(C(=O)NCC2(c3cccc(F)c3)CCOCC2)c1. The van der Waals surface area contributed by atoms with Crippen molar-refractivity contribution < 1.29 is 18.7 Å². The first-order valence-corrected chi connectivity index (χ1v) is 9.09. The number of carbonyl (C=O) groups excluding carboxylic acids is 1. The zero-order chi connectivity index (χ0) is 19.1. The lowest BCUT2D eigenvalue weighted by atomic mass is 9.74. The third-order valence-electron chi connectivity index (χ3n) is 4.94. The second kappa shape index (κ2) is 8.82. The predicted molar refractivity (Wildman–Crippen MR) is 103 cm³/mol. The van der Waals surface area contributed by atoms with Crippen LogP contribution in [0.1, 0.15) is 28.8 Å². The van der Waals surface area contributed by atoms with Crippen molar-refractivity contribution in [3.05, 3.63) is 78.1 Å². The van der Waals surface area contributed by atoms with E-state index >= 15 is 0 Å². The number of amides is 1. The van der Waals surface area contributed by atoms with E-state index in [1.54, 1.807) is 42.5 Å². The molecule has 0 spiro atoms. The van der Waals surface area contributed by atoms with E-state index in [4.69, 9.17) is 9.47 Å². The van der Waals surface area contributed by atoms with Gasteiger partial charge in [-0.05, 0) is 48.7 Å². The van der Waals surface area contributed by atoms with Crippen LogP contribution in [0.4, 0.5) is 4.39 Å². The minimum absolute atomic E-state index is 0.179. The van der Waals surface area contributed by atoms with Gasteiger partial charge >= 0.3 is 0 Å². The van der Waals surface area contributed by atoms with E-state index in [9.17, 15) is 9.18 Å². The van der Waals surface area contributed by atoms with Gasteiger partial charge in [0.1, 0.15) is 18.2 Å². The molecule has 1 saturated heterocycles. The van der Waals surface area contributed by atoms with Gasteiger partial charge in [0.15, 0.2) is 0 Å². The first kappa shape index (κ1) is 19.1. The van der Waals surface area contributed by atoms with Crippen LogP contribution in [0.5, 0.6) is 5.75 Å². The van der Waals surface area contributed by atoms with Gasteiger partial charge in [0.2, 0.25) is 0 Å². The van der Waals surface area contributed by atoms with E-state index in [0.717, 1.165) is 18.4 Å². The van der Waals surface area contributed by atoms with Crippen LogP contribution in [-0.2, 0) is 10.2 Å². The summed E-state index contributed by atoms with van der Waals surface area (Å²) in [5.74, 6) is 0.173. The van der Waals surface area contributed by atoms with Crippen molar-refractivity contribution in [2.24, 2.45) is 0 Å². The van der Waals surface area contributed by atoms with Crippen molar-refractivity contribution in [2.45, 2.75) is 18.3 Å². The molecule has 1 heterocycles. The Balaban J connectivity index is 1.74. The highest BCUT2D eigenvalue weighted by atomic mass is 19.1. The molecule has 1 fully saturated rings. The molecule has 0 atom stereocenters. The molecule has 1 amide bonds. The van der Waals surface area contributed by atoms with E-state index in [-0.39, 0.29) is 17.1 Å². The van der Waals surface area contributed by atoms with Crippen LogP contribution >= 0.6 is 0 Å². The van der Waals surface area contributed by atoms with Crippen LogP contribution in [-0.4, -0.2) is 32.3 Å². The normalized spacial score (nSPS) is 15.7. The van der Waals surface area contributed by atoms with Gasteiger partial charge in [-0.25, -0.2) is 4.39 Å².